The third-order valence-corrected chi connectivity index (χ3v) is 2.85. The van der Waals surface area contributed by atoms with Crippen LogP contribution < -0.4 is 0 Å². The van der Waals surface area contributed by atoms with Gasteiger partial charge in [-0.05, 0) is 24.3 Å². The van der Waals surface area contributed by atoms with Crippen molar-refractivity contribution in [3.05, 3.63) is 41.2 Å². The fourth-order valence-corrected chi connectivity index (χ4v) is 1.96. The van der Waals surface area contributed by atoms with Crippen LogP contribution in [0.2, 0.25) is 0 Å². The SMILES string of the molecule is CC(C)(C)c1c(C#N)nnn1-c1ccc(C(=O)O)cc1. The summed E-state index contributed by atoms with van der Waals surface area (Å²) in [4.78, 5) is 10.8. The number of carbonyl (C=O) groups is 1. The number of benzene rings is 1. The van der Waals surface area contributed by atoms with Crippen molar-refractivity contribution in [1.29, 1.82) is 5.26 Å². The molecule has 0 fully saturated rings. The molecule has 6 nitrogen and oxygen atoms in total. The molecule has 20 heavy (non-hydrogen) atoms. The minimum Gasteiger partial charge on any atom is -0.478 e. The van der Waals surface area contributed by atoms with Crippen molar-refractivity contribution < 1.29 is 9.90 Å². The van der Waals surface area contributed by atoms with Gasteiger partial charge < -0.3 is 5.11 Å². The summed E-state index contributed by atoms with van der Waals surface area (Å²) in [5.74, 6) is -0.983. The van der Waals surface area contributed by atoms with E-state index < -0.39 is 5.97 Å². The highest BCUT2D eigenvalue weighted by atomic mass is 16.4. The molecule has 2 aromatic rings. The van der Waals surface area contributed by atoms with Gasteiger partial charge in [0.05, 0.1) is 16.9 Å². The summed E-state index contributed by atoms with van der Waals surface area (Å²) < 4.78 is 1.57. The van der Waals surface area contributed by atoms with Gasteiger partial charge in [0.2, 0.25) is 0 Å². The number of nitriles is 1. The number of nitrogens with zero attached hydrogens (tertiary/aromatic N) is 4. The standard InChI is InChI=1S/C14H14N4O2/c1-14(2,3)12-11(8-15)16-17-18(12)10-6-4-9(5-7-10)13(19)20/h4-7H,1-3H3,(H,19,20). The lowest BCUT2D eigenvalue weighted by Crippen LogP contribution is -2.19. The fraction of sp³-hybridized carbons (Fsp3) is 0.286. The summed E-state index contributed by atoms with van der Waals surface area (Å²) >= 11 is 0. The van der Waals surface area contributed by atoms with E-state index in [-0.39, 0.29) is 16.7 Å². The minimum absolute atomic E-state index is 0.201. The van der Waals surface area contributed by atoms with Crippen LogP contribution in [0.5, 0.6) is 0 Å². The highest BCUT2D eigenvalue weighted by Crippen LogP contribution is 2.26. The van der Waals surface area contributed by atoms with E-state index >= 15 is 0 Å². The largest absolute Gasteiger partial charge is 0.478 e. The molecule has 0 radical (unpaired) electrons. The van der Waals surface area contributed by atoms with Crippen LogP contribution >= 0.6 is 0 Å². The second-order valence-corrected chi connectivity index (χ2v) is 5.41. The van der Waals surface area contributed by atoms with Crippen LogP contribution in [-0.4, -0.2) is 26.1 Å². The van der Waals surface area contributed by atoms with E-state index in [1.807, 2.05) is 26.8 Å². The van der Waals surface area contributed by atoms with Crippen LogP contribution in [0.15, 0.2) is 24.3 Å². The molecule has 1 aromatic heterocycles. The van der Waals surface area contributed by atoms with Crippen molar-refractivity contribution in [3.63, 3.8) is 0 Å². The molecule has 0 saturated carbocycles. The summed E-state index contributed by atoms with van der Waals surface area (Å²) in [6.45, 7) is 5.90. The Morgan fingerprint density at radius 2 is 1.90 bits per heavy atom. The molecular weight excluding hydrogens is 256 g/mol. The summed E-state index contributed by atoms with van der Waals surface area (Å²) in [7, 11) is 0. The van der Waals surface area contributed by atoms with Crippen LogP contribution in [0.25, 0.3) is 5.69 Å². The Labute approximate surface area is 116 Å². The van der Waals surface area contributed by atoms with Gasteiger partial charge in [0, 0.05) is 5.41 Å². The summed E-state index contributed by atoms with van der Waals surface area (Å²) in [5.41, 5.74) is 1.54. The zero-order valence-corrected chi connectivity index (χ0v) is 11.5. The van der Waals surface area contributed by atoms with Crippen LogP contribution in [0.3, 0.4) is 0 Å². The number of carboxylic acids is 1. The Morgan fingerprint density at radius 3 is 2.35 bits per heavy atom. The molecule has 0 spiro atoms. The average Bonchev–Trinajstić information content (AvgIpc) is 2.82. The Morgan fingerprint density at radius 1 is 1.30 bits per heavy atom. The Hall–Kier alpha value is -2.68. The van der Waals surface area contributed by atoms with E-state index in [0.29, 0.717) is 11.4 Å². The molecule has 102 valence electrons. The zero-order chi connectivity index (χ0) is 14.9. The van der Waals surface area contributed by atoms with E-state index in [1.54, 1.807) is 16.8 Å². The molecule has 0 atom stereocenters. The third kappa shape index (κ3) is 2.38. The first kappa shape index (κ1) is 13.7. The molecule has 0 aliphatic carbocycles. The fourth-order valence-electron chi connectivity index (χ4n) is 1.96. The quantitative estimate of drug-likeness (QED) is 0.902. The lowest BCUT2D eigenvalue weighted by molar-refractivity contribution is 0.0697. The molecule has 0 aliphatic rings. The van der Waals surface area contributed by atoms with E-state index in [4.69, 9.17) is 10.4 Å². The normalized spacial score (nSPS) is 11.1. The molecule has 0 amide bonds. The number of aromatic carboxylic acids is 1. The van der Waals surface area contributed by atoms with E-state index in [1.165, 1.54) is 12.1 Å². The molecule has 0 bridgehead atoms. The van der Waals surface area contributed by atoms with Crippen molar-refractivity contribution >= 4 is 5.97 Å². The maximum atomic E-state index is 10.8. The number of aromatic nitrogens is 3. The maximum Gasteiger partial charge on any atom is 0.335 e. The predicted octanol–water partition coefficient (Wildman–Crippen LogP) is 2.13. The molecule has 0 unspecified atom stereocenters. The third-order valence-electron chi connectivity index (χ3n) is 2.85. The summed E-state index contributed by atoms with van der Waals surface area (Å²) in [5, 5.41) is 25.9. The second-order valence-electron chi connectivity index (χ2n) is 5.41. The van der Waals surface area contributed by atoms with E-state index in [0.717, 1.165) is 0 Å². The summed E-state index contributed by atoms with van der Waals surface area (Å²) in [6, 6.07) is 8.32. The second kappa shape index (κ2) is 4.78. The van der Waals surface area contributed by atoms with Gasteiger partial charge in [-0.3, -0.25) is 0 Å². The smallest absolute Gasteiger partial charge is 0.335 e. The zero-order valence-electron chi connectivity index (χ0n) is 11.5. The molecular formula is C14H14N4O2. The van der Waals surface area contributed by atoms with Crippen molar-refractivity contribution in [1.82, 2.24) is 15.0 Å². The van der Waals surface area contributed by atoms with Crippen molar-refractivity contribution in [3.8, 4) is 11.8 Å². The first-order valence-electron chi connectivity index (χ1n) is 6.04. The Kier molecular flexibility index (Phi) is 3.28. The van der Waals surface area contributed by atoms with Gasteiger partial charge >= 0.3 is 5.97 Å². The molecule has 0 aliphatic heterocycles. The monoisotopic (exact) mass is 270 g/mol. The first-order chi connectivity index (χ1) is 9.34. The van der Waals surface area contributed by atoms with Gasteiger partial charge in [0.1, 0.15) is 6.07 Å². The van der Waals surface area contributed by atoms with Gasteiger partial charge in [-0.2, -0.15) is 5.26 Å². The van der Waals surface area contributed by atoms with Crippen molar-refractivity contribution in [2.45, 2.75) is 26.2 Å². The van der Waals surface area contributed by atoms with Crippen LogP contribution in [-0.2, 0) is 5.41 Å². The van der Waals surface area contributed by atoms with E-state index in [9.17, 15) is 4.79 Å². The molecule has 1 N–H and O–H groups in total. The highest BCUT2D eigenvalue weighted by Gasteiger charge is 2.26. The average molecular weight is 270 g/mol. The van der Waals surface area contributed by atoms with Gasteiger partial charge in [-0.25, -0.2) is 9.48 Å². The number of carboxylic acid groups (broad SMARTS) is 1. The van der Waals surface area contributed by atoms with Gasteiger partial charge in [-0.15, -0.1) is 5.10 Å². The summed E-state index contributed by atoms with van der Waals surface area (Å²) in [6.07, 6.45) is 0. The minimum atomic E-state index is -0.983. The number of hydrogen-bond acceptors (Lipinski definition) is 4. The van der Waals surface area contributed by atoms with Crippen molar-refractivity contribution in [2.24, 2.45) is 0 Å². The van der Waals surface area contributed by atoms with E-state index in [2.05, 4.69) is 10.3 Å². The van der Waals surface area contributed by atoms with Crippen LogP contribution in [0.4, 0.5) is 0 Å². The molecule has 1 heterocycles. The predicted molar refractivity (Wildman–Crippen MR) is 71.7 cm³/mol. The molecule has 1 aromatic carbocycles. The lowest BCUT2D eigenvalue weighted by atomic mass is 9.90. The van der Waals surface area contributed by atoms with Gasteiger partial charge in [0.25, 0.3) is 0 Å². The Bertz CT molecular complexity index is 687. The first-order valence-corrected chi connectivity index (χ1v) is 6.04. The van der Waals surface area contributed by atoms with Gasteiger partial charge in [0.15, 0.2) is 5.69 Å². The number of hydrogen-bond donors (Lipinski definition) is 1. The lowest BCUT2D eigenvalue weighted by Gasteiger charge is -2.19. The highest BCUT2D eigenvalue weighted by molar-refractivity contribution is 5.87. The van der Waals surface area contributed by atoms with Gasteiger partial charge in [-0.1, -0.05) is 26.0 Å². The van der Waals surface area contributed by atoms with Crippen LogP contribution in [0.1, 0.15) is 42.5 Å². The molecule has 2 rings (SSSR count). The maximum absolute atomic E-state index is 10.8. The molecule has 6 heteroatoms. The molecule has 0 saturated heterocycles. The Balaban J connectivity index is 2.56. The van der Waals surface area contributed by atoms with Crippen molar-refractivity contribution in [2.75, 3.05) is 0 Å². The van der Waals surface area contributed by atoms with Crippen LogP contribution in [0, 0.1) is 11.3 Å². The number of rotatable bonds is 2. The topological polar surface area (TPSA) is 91.8 Å².